The summed E-state index contributed by atoms with van der Waals surface area (Å²) < 4.78 is 32.9. The molecule has 2 rings (SSSR count). The highest BCUT2D eigenvalue weighted by atomic mass is 127. The average Bonchev–Trinajstić information content (AvgIpc) is 2.39. The first-order valence-corrected chi connectivity index (χ1v) is 6.84. The summed E-state index contributed by atoms with van der Waals surface area (Å²) in [6, 6.07) is 5.14. The predicted octanol–water partition coefficient (Wildman–Crippen LogP) is 1.78. The molecule has 0 spiro atoms. The maximum atomic E-state index is 11.6. The third-order valence-electron chi connectivity index (χ3n) is 1.94. The Bertz CT molecular complexity index is 536. The van der Waals surface area contributed by atoms with Crippen molar-refractivity contribution in [3.8, 4) is 0 Å². The van der Waals surface area contributed by atoms with Gasteiger partial charge in [0.05, 0.1) is 12.2 Å². The van der Waals surface area contributed by atoms with Crippen LogP contribution in [0.15, 0.2) is 27.5 Å². The monoisotopic (exact) mass is 337 g/mol. The number of benzene rings is 1. The lowest BCUT2D eigenvalue weighted by atomic mass is 10.2. The molecule has 0 atom stereocenters. The highest BCUT2D eigenvalue weighted by Crippen LogP contribution is 2.28. The lowest BCUT2D eigenvalue weighted by molar-refractivity contribution is 0.330. The molecule has 1 aromatic carbocycles. The van der Waals surface area contributed by atoms with Gasteiger partial charge >= 0.3 is 0 Å². The second-order valence-corrected chi connectivity index (χ2v) is 5.76. The highest BCUT2D eigenvalue weighted by molar-refractivity contribution is 14.1. The third kappa shape index (κ3) is 1.87. The zero-order chi connectivity index (χ0) is 11.1. The van der Waals surface area contributed by atoms with Crippen LogP contribution in [0.4, 0.5) is 0 Å². The number of fused-ring (bicyclic) bond motifs is 1. The number of nitrogens with zero attached hydrogens (tertiary/aromatic N) is 1. The smallest absolute Gasteiger partial charge is 0.286 e. The minimum atomic E-state index is -3.54. The van der Waals surface area contributed by atoms with E-state index in [1.807, 2.05) is 6.07 Å². The quantitative estimate of drug-likeness (QED) is 0.734. The summed E-state index contributed by atoms with van der Waals surface area (Å²) in [5.74, 6) is 0.198. The van der Waals surface area contributed by atoms with Gasteiger partial charge in [0, 0.05) is 3.57 Å². The molecular formula is C9H8INO3S. The summed E-state index contributed by atoms with van der Waals surface area (Å²) in [5, 5.41) is 0. The Labute approximate surface area is 102 Å². The van der Waals surface area contributed by atoms with Crippen molar-refractivity contribution in [3.63, 3.8) is 0 Å². The Morgan fingerprint density at radius 1 is 1.47 bits per heavy atom. The van der Waals surface area contributed by atoms with E-state index in [1.54, 1.807) is 19.1 Å². The molecule has 1 aliphatic heterocycles. The van der Waals surface area contributed by atoms with Crippen molar-refractivity contribution >= 4 is 38.5 Å². The molecule has 0 unspecified atom stereocenters. The number of hydrogen-bond donors (Lipinski definition) is 0. The minimum Gasteiger partial charge on any atom is -0.477 e. The fourth-order valence-corrected chi connectivity index (χ4v) is 3.21. The van der Waals surface area contributed by atoms with Crippen LogP contribution >= 0.6 is 22.6 Å². The Morgan fingerprint density at radius 3 is 2.87 bits per heavy atom. The van der Waals surface area contributed by atoms with E-state index in [1.165, 1.54) is 0 Å². The largest absolute Gasteiger partial charge is 0.477 e. The van der Waals surface area contributed by atoms with Crippen LogP contribution in [0.2, 0.25) is 0 Å². The van der Waals surface area contributed by atoms with Crippen molar-refractivity contribution in [2.75, 3.05) is 6.61 Å². The lowest BCUT2D eigenvalue weighted by Gasteiger charge is -2.02. The summed E-state index contributed by atoms with van der Waals surface area (Å²) >= 11 is 2.06. The molecule has 0 N–H and O–H groups in total. The first-order valence-electron chi connectivity index (χ1n) is 4.32. The van der Waals surface area contributed by atoms with Gasteiger partial charge in [0.2, 0.25) is 5.90 Å². The standard InChI is InChI=1S/C9H8INO3S/c1-2-14-9-7-4-3-6(10)5-8(7)15(12,13)11-9/h3-5H,2H2,1H3. The molecule has 4 nitrogen and oxygen atoms in total. The van der Waals surface area contributed by atoms with Gasteiger partial charge in [-0.3, -0.25) is 0 Å². The maximum Gasteiger partial charge on any atom is 0.286 e. The Morgan fingerprint density at radius 2 is 2.20 bits per heavy atom. The Balaban J connectivity index is 2.62. The molecular weight excluding hydrogens is 329 g/mol. The van der Waals surface area contributed by atoms with E-state index >= 15 is 0 Å². The number of halogens is 1. The van der Waals surface area contributed by atoms with Gasteiger partial charge in [0.1, 0.15) is 4.90 Å². The molecule has 0 aliphatic carbocycles. The Kier molecular flexibility index (Phi) is 2.72. The van der Waals surface area contributed by atoms with Crippen molar-refractivity contribution < 1.29 is 13.2 Å². The molecule has 80 valence electrons. The molecule has 0 bridgehead atoms. The maximum absolute atomic E-state index is 11.6. The Hall–Kier alpha value is -0.630. The molecule has 1 aliphatic rings. The zero-order valence-corrected chi connectivity index (χ0v) is 10.9. The molecule has 0 radical (unpaired) electrons. The second kappa shape index (κ2) is 3.75. The topological polar surface area (TPSA) is 55.7 Å². The second-order valence-electron chi connectivity index (χ2n) is 2.95. The van der Waals surface area contributed by atoms with Gasteiger partial charge in [0.25, 0.3) is 10.0 Å². The van der Waals surface area contributed by atoms with Crippen LogP contribution < -0.4 is 0 Å². The van der Waals surface area contributed by atoms with E-state index in [4.69, 9.17) is 4.74 Å². The van der Waals surface area contributed by atoms with Crippen molar-refractivity contribution in [1.29, 1.82) is 0 Å². The van der Waals surface area contributed by atoms with Gasteiger partial charge in [-0.1, -0.05) is 0 Å². The number of hydrogen-bond acceptors (Lipinski definition) is 3. The van der Waals surface area contributed by atoms with Crippen molar-refractivity contribution in [1.82, 2.24) is 0 Å². The third-order valence-corrected chi connectivity index (χ3v) is 3.91. The summed E-state index contributed by atoms with van der Waals surface area (Å²) in [7, 11) is -3.54. The number of rotatable bonds is 1. The van der Waals surface area contributed by atoms with E-state index in [0.29, 0.717) is 12.2 Å². The molecule has 15 heavy (non-hydrogen) atoms. The first-order chi connectivity index (χ1) is 7.04. The van der Waals surface area contributed by atoms with Crippen LogP contribution in [0.1, 0.15) is 12.5 Å². The molecule has 0 saturated heterocycles. The minimum absolute atomic E-state index is 0.198. The van der Waals surface area contributed by atoms with Gasteiger partial charge in [-0.25, -0.2) is 0 Å². The van der Waals surface area contributed by atoms with E-state index in [2.05, 4.69) is 27.0 Å². The van der Waals surface area contributed by atoms with Crippen molar-refractivity contribution in [2.24, 2.45) is 4.40 Å². The molecule has 0 aromatic heterocycles. The van der Waals surface area contributed by atoms with E-state index < -0.39 is 10.0 Å². The lowest BCUT2D eigenvalue weighted by Crippen LogP contribution is -2.03. The summed E-state index contributed by atoms with van der Waals surface area (Å²) in [4.78, 5) is 0.234. The SMILES string of the molecule is CCOC1=NS(=O)(=O)c2cc(I)ccc21. The van der Waals surface area contributed by atoms with Crippen molar-refractivity contribution in [2.45, 2.75) is 11.8 Å². The van der Waals surface area contributed by atoms with Gasteiger partial charge in [-0.2, -0.15) is 8.42 Å². The highest BCUT2D eigenvalue weighted by Gasteiger charge is 2.29. The fourth-order valence-electron chi connectivity index (χ4n) is 1.33. The van der Waals surface area contributed by atoms with E-state index in [-0.39, 0.29) is 10.8 Å². The summed E-state index contributed by atoms with van der Waals surface area (Å²) in [6.07, 6.45) is 0. The predicted molar refractivity (Wildman–Crippen MR) is 64.5 cm³/mol. The zero-order valence-electron chi connectivity index (χ0n) is 7.90. The molecule has 0 amide bonds. The van der Waals surface area contributed by atoms with Crippen molar-refractivity contribution in [3.05, 3.63) is 27.3 Å². The molecule has 0 saturated carbocycles. The average molecular weight is 337 g/mol. The normalized spacial score (nSPS) is 17.1. The van der Waals surface area contributed by atoms with Crippen LogP contribution in [0, 0.1) is 3.57 Å². The van der Waals surface area contributed by atoms with Gasteiger partial charge < -0.3 is 4.74 Å². The molecule has 0 fully saturated rings. The van der Waals surface area contributed by atoms with Gasteiger partial charge in [-0.05, 0) is 47.7 Å². The van der Waals surface area contributed by atoms with Crippen LogP contribution in [-0.2, 0) is 14.8 Å². The van der Waals surface area contributed by atoms with Crippen LogP contribution in [0.3, 0.4) is 0 Å². The summed E-state index contributed by atoms with van der Waals surface area (Å²) in [5.41, 5.74) is 0.553. The fraction of sp³-hybridized carbons (Fsp3) is 0.222. The van der Waals surface area contributed by atoms with Crippen LogP contribution in [-0.4, -0.2) is 20.9 Å². The van der Waals surface area contributed by atoms with Gasteiger partial charge in [0.15, 0.2) is 0 Å². The summed E-state index contributed by atoms with van der Waals surface area (Å²) in [6.45, 7) is 2.19. The first kappa shape index (κ1) is 10.9. The molecule has 1 aromatic rings. The number of ether oxygens (including phenoxy) is 1. The van der Waals surface area contributed by atoms with Gasteiger partial charge in [-0.15, -0.1) is 4.40 Å². The van der Waals surface area contributed by atoms with E-state index in [0.717, 1.165) is 3.57 Å². The van der Waals surface area contributed by atoms with Crippen LogP contribution in [0.25, 0.3) is 0 Å². The number of sulfonamides is 1. The molecule has 6 heteroatoms. The van der Waals surface area contributed by atoms with Crippen LogP contribution in [0.5, 0.6) is 0 Å². The van der Waals surface area contributed by atoms with E-state index in [9.17, 15) is 8.42 Å². The molecule has 1 heterocycles.